The van der Waals surface area contributed by atoms with Gasteiger partial charge in [-0.3, -0.25) is 0 Å². The first kappa shape index (κ1) is 31.5. The molecule has 0 N–H and O–H groups in total. The van der Waals surface area contributed by atoms with Crippen molar-refractivity contribution in [3.05, 3.63) is 106 Å². The monoisotopic (exact) mass is 572 g/mol. The number of rotatable bonds is 9. The van der Waals surface area contributed by atoms with Gasteiger partial charge in [-0.25, -0.2) is 9.59 Å². The summed E-state index contributed by atoms with van der Waals surface area (Å²) in [6.07, 6.45) is 2.59. The Morgan fingerprint density at radius 1 is 0.667 bits per heavy atom. The summed E-state index contributed by atoms with van der Waals surface area (Å²) >= 11 is 0. The number of esters is 2. The third kappa shape index (κ3) is 9.01. The molecule has 1 aliphatic heterocycles. The number of hydrogen-bond donors (Lipinski definition) is 0. The maximum atomic E-state index is 13.1. The van der Waals surface area contributed by atoms with E-state index in [4.69, 9.17) is 18.9 Å². The molecule has 0 amide bonds. The van der Waals surface area contributed by atoms with Gasteiger partial charge in [-0.1, -0.05) is 90.1 Å². The number of carbonyl (C=O) groups is 2. The summed E-state index contributed by atoms with van der Waals surface area (Å²) in [6, 6.07) is 21.0. The molecule has 1 unspecified atom stereocenters. The molecule has 0 aromatic heterocycles. The Morgan fingerprint density at radius 3 is 1.55 bits per heavy atom. The first-order valence-corrected chi connectivity index (χ1v) is 14.8. The highest BCUT2D eigenvalue weighted by Crippen LogP contribution is 2.24. The molecule has 1 fully saturated rings. The summed E-state index contributed by atoms with van der Waals surface area (Å²) in [4.78, 5) is 26.3. The molecule has 6 heteroatoms. The number of benzene rings is 3. The molecule has 6 nitrogen and oxygen atoms in total. The van der Waals surface area contributed by atoms with Gasteiger partial charge in [-0.15, -0.1) is 0 Å². The second kappa shape index (κ2) is 13.7. The van der Waals surface area contributed by atoms with Gasteiger partial charge in [0.15, 0.2) is 6.29 Å². The Kier molecular flexibility index (Phi) is 10.2. The van der Waals surface area contributed by atoms with Crippen LogP contribution in [-0.2, 0) is 49.6 Å². The fourth-order valence-electron chi connectivity index (χ4n) is 4.71. The van der Waals surface area contributed by atoms with E-state index in [1.807, 2.05) is 24.3 Å². The van der Waals surface area contributed by atoms with Crippen molar-refractivity contribution in [2.45, 2.75) is 97.7 Å². The molecule has 1 atom stereocenters. The van der Waals surface area contributed by atoms with Crippen LogP contribution in [0.15, 0.2) is 66.7 Å². The van der Waals surface area contributed by atoms with Crippen LogP contribution in [0.3, 0.4) is 0 Å². The van der Waals surface area contributed by atoms with Crippen molar-refractivity contribution in [1.82, 2.24) is 0 Å². The second-order valence-electron chi connectivity index (χ2n) is 13.1. The van der Waals surface area contributed by atoms with E-state index < -0.39 is 11.9 Å². The molecule has 224 valence electrons. The predicted molar refractivity (Wildman–Crippen MR) is 163 cm³/mol. The first-order chi connectivity index (χ1) is 19.9. The third-order valence-corrected chi connectivity index (χ3v) is 7.42. The topological polar surface area (TPSA) is 71.1 Å². The molecule has 0 radical (unpaired) electrons. The highest BCUT2D eigenvalue weighted by atomic mass is 16.7. The van der Waals surface area contributed by atoms with Gasteiger partial charge in [0.05, 0.1) is 17.7 Å². The third-order valence-electron chi connectivity index (χ3n) is 7.42. The molecular weight excluding hydrogens is 528 g/mol. The molecule has 1 heterocycles. The molecule has 0 saturated carbocycles. The van der Waals surface area contributed by atoms with E-state index in [2.05, 4.69) is 65.8 Å². The molecule has 42 heavy (non-hydrogen) atoms. The highest BCUT2D eigenvalue weighted by Gasteiger charge is 2.19. The summed E-state index contributed by atoms with van der Waals surface area (Å²) in [6.45, 7) is 14.1. The summed E-state index contributed by atoms with van der Waals surface area (Å²) in [5, 5.41) is 0. The summed E-state index contributed by atoms with van der Waals surface area (Å²) < 4.78 is 22.9. The SMILES string of the molecule is CC(C)(C)c1ccc(COC(=O)c2cc(COC3CCCCO3)cc(C(=O)OCc3ccc(C(C)(C)C)cc3)c2)cc1. The molecular formula is C36H44O6. The minimum Gasteiger partial charge on any atom is -0.457 e. The Bertz CT molecular complexity index is 1250. The zero-order chi connectivity index (χ0) is 30.3. The fraction of sp³-hybridized carbons (Fsp3) is 0.444. The number of ether oxygens (including phenoxy) is 4. The van der Waals surface area contributed by atoms with Gasteiger partial charge in [-0.05, 0) is 76.1 Å². The van der Waals surface area contributed by atoms with Crippen LogP contribution < -0.4 is 0 Å². The van der Waals surface area contributed by atoms with Crippen molar-refractivity contribution in [2.24, 2.45) is 0 Å². The van der Waals surface area contributed by atoms with Crippen molar-refractivity contribution < 1.29 is 28.5 Å². The summed E-state index contributed by atoms with van der Waals surface area (Å²) in [5.74, 6) is -1.03. The van der Waals surface area contributed by atoms with Crippen molar-refractivity contribution in [1.29, 1.82) is 0 Å². The molecule has 0 bridgehead atoms. The van der Waals surface area contributed by atoms with E-state index in [0.29, 0.717) is 12.2 Å². The van der Waals surface area contributed by atoms with Crippen molar-refractivity contribution >= 4 is 11.9 Å². The Labute approximate surface area is 250 Å². The molecule has 3 aromatic rings. The minimum atomic E-state index is -0.516. The second-order valence-corrected chi connectivity index (χ2v) is 13.1. The van der Waals surface area contributed by atoms with Gasteiger partial charge in [-0.2, -0.15) is 0 Å². The Morgan fingerprint density at radius 2 is 1.14 bits per heavy atom. The van der Waals surface area contributed by atoms with E-state index in [-0.39, 0.29) is 48.1 Å². The zero-order valence-corrected chi connectivity index (χ0v) is 25.8. The lowest BCUT2D eigenvalue weighted by Crippen LogP contribution is -2.22. The Balaban J connectivity index is 1.46. The first-order valence-electron chi connectivity index (χ1n) is 14.8. The van der Waals surface area contributed by atoms with Crippen LogP contribution in [0.1, 0.15) is 109 Å². The lowest BCUT2D eigenvalue weighted by Gasteiger charge is -2.23. The van der Waals surface area contributed by atoms with E-state index in [1.165, 1.54) is 17.2 Å². The van der Waals surface area contributed by atoms with E-state index >= 15 is 0 Å². The van der Waals surface area contributed by atoms with Crippen LogP contribution >= 0.6 is 0 Å². The molecule has 4 rings (SSSR count). The van der Waals surface area contributed by atoms with Crippen molar-refractivity contribution in [3.63, 3.8) is 0 Å². The largest absolute Gasteiger partial charge is 0.457 e. The summed E-state index contributed by atoms with van der Waals surface area (Å²) in [5.41, 5.74) is 5.50. The van der Waals surface area contributed by atoms with Crippen LogP contribution in [0, 0.1) is 0 Å². The van der Waals surface area contributed by atoms with Crippen LogP contribution in [0.25, 0.3) is 0 Å². The van der Waals surface area contributed by atoms with E-state index in [0.717, 1.165) is 30.4 Å². The smallest absolute Gasteiger partial charge is 0.338 e. The molecule has 3 aromatic carbocycles. The van der Waals surface area contributed by atoms with Gasteiger partial charge in [0.1, 0.15) is 13.2 Å². The van der Waals surface area contributed by atoms with Crippen LogP contribution in [0.4, 0.5) is 0 Å². The van der Waals surface area contributed by atoms with Gasteiger partial charge in [0, 0.05) is 6.61 Å². The Hall–Kier alpha value is -3.48. The normalized spacial score (nSPS) is 15.7. The van der Waals surface area contributed by atoms with Crippen LogP contribution in [0.5, 0.6) is 0 Å². The van der Waals surface area contributed by atoms with Gasteiger partial charge < -0.3 is 18.9 Å². The van der Waals surface area contributed by atoms with E-state index in [9.17, 15) is 9.59 Å². The number of hydrogen-bond acceptors (Lipinski definition) is 6. The molecule has 0 spiro atoms. The van der Waals surface area contributed by atoms with Crippen molar-refractivity contribution in [2.75, 3.05) is 6.61 Å². The average Bonchev–Trinajstić information content (AvgIpc) is 2.97. The summed E-state index contributed by atoms with van der Waals surface area (Å²) in [7, 11) is 0. The van der Waals surface area contributed by atoms with Crippen molar-refractivity contribution in [3.8, 4) is 0 Å². The van der Waals surface area contributed by atoms with Gasteiger partial charge in [0.25, 0.3) is 0 Å². The van der Waals surface area contributed by atoms with Crippen LogP contribution in [-0.4, -0.2) is 24.8 Å². The van der Waals surface area contributed by atoms with Gasteiger partial charge >= 0.3 is 11.9 Å². The quantitative estimate of drug-likeness (QED) is 0.242. The van der Waals surface area contributed by atoms with Crippen LogP contribution in [0.2, 0.25) is 0 Å². The maximum absolute atomic E-state index is 13.1. The molecule has 1 saturated heterocycles. The molecule has 1 aliphatic rings. The lowest BCUT2D eigenvalue weighted by atomic mass is 9.87. The molecule has 0 aliphatic carbocycles. The minimum absolute atomic E-state index is 0.0429. The number of carbonyl (C=O) groups excluding carboxylic acids is 2. The average molecular weight is 573 g/mol. The zero-order valence-electron chi connectivity index (χ0n) is 25.8. The highest BCUT2D eigenvalue weighted by molar-refractivity contribution is 5.95. The van der Waals surface area contributed by atoms with Gasteiger partial charge in [0.2, 0.25) is 0 Å². The van der Waals surface area contributed by atoms with E-state index in [1.54, 1.807) is 12.1 Å². The predicted octanol–water partition coefficient (Wildman–Crippen LogP) is 8.04. The maximum Gasteiger partial charge on any atom is 0.338 e. The fourth-order valence-corrected chi connectivity index (χ4v) is 4.71. The standard InChI is InChI=1S/C36H44O6/c1-35(2,3)30-14-10-25(11-15-30)22-41-33(37)28-19-27(24-40-32-9-7-8-18-39-32)20-29(21-28)34(38)42-23-26-12-16-31(17-13-26)36(4,5)6/h10-17,19-21,32H,7-9,18,22-24H2,1-6H3. The lowest BCUT2D eigenvalue weighted by molar-refractivity contribution is -0.168.